The molecule has 0 aliphatic heterocycles. The summed E-state index contributed by atoms with van der Waals surface area (Å²) in [7, 11) is 4.97. The molecule has 0 aliphatic rings. The van der Waals surface area contributed by atoms with E-state index in [9.17, 15) is 9.18 Å². The molecule has 0 aromatic heterocycles. The molecule has 1 amide bonds. The molecule has 0 saturated carbocycles. The third-order valence-electron chi connectivity index (χ3n) is 2.55. The van der Waals surface area contributed by atoms with Crippen LogP contribution in [0.4, 0.5) is 10.1 Å². The first kappa shape index (κ1) is 14.3. The van der Waals surface area contributed by atoms with Gasteiger partial charge in [0.2, 0.25) is 5.91 Å². The second kappa shape index (κ2) is 6.83. The maximum absolute atomic E-state index is 13.0. The van der Waals surface area contributed by atoms with Crippen molar-refractivity contribution in [3.05, 3.63) is 24.0 Å². The van der Waals surface area contributed by atoms with Crippen molar-refractivity contribution in [3.8, 4) is 5.75 Å². The Labute approximate surface area is 107 Å². The van der Waals surface area contributed by atoms with Crippen LogP contribution in [0.2, 0.25) is 0 Å². The van der Waals surface area contributed by atoms with Crippen LogP contribution in [0, 0.1) is 5.82 Å². The molecular formula is C13H19FN2O2. The van der Waals surface area contributed by atoms with Gasteiger partial charge in [-0.1, -0.05) is 0 Å². The Morgan fingerprint density at radius 3 is 2.78 bits per heavy atom. The number of nitrogens with zero attached hydrogens (tertiary/aromatic N) is 1. The Kier molecular flexibility index (Phi) is 5.42. The van der Waals surface area contributed by atoms with Crippen molar-refractivity contribution in [2.45, 2.75) is 12.8 Å². The zero-order valence-corrected chi connectivity index (χ0v) is 11.0. The van der Waals surface area contributed by atoms with Crippen LogP contribution in [0.15, 0.2) is 18.2 Å². The van der Waals surface area contributed by atoms with Crippen molar-refractivity contribution >= 4 is 11.6 Å². The molecule has 0 aliphatic carbocycles. The van der Waals surface area contributed by atoms with Gasteiger partial charge in [-0.05, 0) is 18.6 Å². The summed E-state index contributed by atoms with van der Waals surface area (Å²) in [5, 5.41) is 3.12. The van der Waals surface area contributed by atoms with Gasteiger partial charge < -0.3 is 15.0 Å². The quantitative estimate of drug-likeness (QED) is 0.791. The summed E-state index contributed by atoms with van der Waals surface area (Å²) < 4.78 is 18.0. The number of halogens is 1. The maximum Gasteiger partial charge on any atom is 0.222 e. The standard InChI is InChI=1S/C13H19FN2O2/c1-16(2)13(17)5-4-8-15-11-7-6-10(14)9-12(11)18-3/h6-7,9,15H,4-5,8H2,1-3H3. The summed E-state index contributed by atoms with van der Waals surface area (Å²) in [5.41, 5.74) is 0.733. The molecule has 0 radical (unpaired) electrons. The molecule has 4 nitrogen and oxygen atoms in total. The van der Waals surface area contributed by atoms with Crippen LogP contribution < -0.4 is 10.1 Å². The highest BCUT2D eigenvalue weighted by atomic mass is 19.1. The smallest absolute Gasteiger partial charge is 0.222 e. The number of anilines is 1. The van der Waals surface area contributed by atoms with Gasteiger partial charge in [0.25, 0.3) is 0 Å². The van der Waals surface area contributed by atoms with Gasteiger partial charge in [0.05, 0.1) is 12.8 Å². The molecule has 0 fully saturated rings. The number of carbonyl (C=O) groups is 1. The van der Waals surface area contributed by atoms with Crippen LogP contribution in [-0.2, 0) is 4.79 Å². The number of amides is 1. The molecule has 1 aromatic rings. The van der Waals surface area contributed by atoms with Gasteiger partial charge in [-0.15, -0.1) is 0 Å². The van der Waals surface area contributed by atoms with Crippen molar-refractivity contribution in [1.29, 1.82) is 0 Å². The first-order chi connectivity index (χ1) is 8.54. The molecule has 1 rings (SSSR count). The van der Waals surface area contributed by atoms with Gasteiger partial charge in [-0.2, -0.15) is 0 Å². The summed E-state index contributed by atoms with van der Waals surface area (Å²) in [6, 6.07) is 4.32. The Hall–Kier alpha value is -1.78. The minimum absolute atomic E-state index is 0.0999. The fourth-order valence-electron chi connectivity index (χ4n) is 1.50. The summed E-state index contributed by atoms with van der Waals surface area (Å²) in [6.07, 6.45) is 1.21. The third-order valence-corrected chi connectivity index (χ3v) is 2.55. The number of ether oxygens (including phenoxy) is 1. The predicted molar refractivity (Wildman–Crippen MR) is 69.4 cm³/mol. The number of nitrogens with one attached hydrogen (secondary N) is 1. The van der Waals surface area contributed by atoms with Crippen LogP contribution in [0.3, 0.4) is 0 Å². The topological polar surface area (TPSA) is 41.6 Å². The van der Waals surface area contributed by atoms with Crippen molar-refractivity contribution in [2.24, 2.45) is 0 Å². The molecule has 100 valence electrons. The average molecular weight is 254 g/mol. The first-order valence-corrected chi connectivity index (χ1v) is 5.82. The van der Waals surface area contributed by atoms with Crippen molar-refractivity contribution in [3.63, 3.8) is 0 Å². The lowest BCUT2D eigenvalue weighted by Crippen LogP contribution is -2.22. The molecular weight excluding hydrogens is 235 g/mol. The highest BCUT2D eigenvalue weighted by Crippen LogP contribution is 2.24. The average Bonchev–Trinajstić information content (AvgIpc) is 2.35. The maximum atomic E-state index is 13.0. The van der Waals surface area contributed by atoms with E-state index in [4.69, 9.17) is 4.74 Å². The molecule has 0 heterocycles. The second-order valence-electron chi connectivity index (χ2n) is 4.16. The van der Waals surface area contributed by atoms with E-state index < -0.39 is 0 Å². The zero-order valence-electron chi connectivity index (χ0n) is 11.0. The van der Waals surface area contributed by atoms with Gasteiger partial charge >= 0.3 is 0 Å². The van der Waals surface area contributed by atoms with Crippen molar-refractivity contribution in [1.82, 2.24) is 4.90 Å². The highest BCUT2D eigenvalue weighted by Gasteiger charge is 2.05. The van der Waals surface area contributed by atoms with Gasteiger partial charge in [0.15, 0.2) is 0 Å². The molecule has 1 aromatic carbocycles. The lowest BCUT2D eigenvalue weighted by molar-refractivity contribution is -0.128. The Morgan fingerprint density at radius 1 is 1.44 bits per heavy atom. The summed E-state index contributed by atoms with van der Waals surface area (Å²) >= 11 is 0. The second-order valence-corrected chi connectivity index (χ2v) is 4.16. The summed E-state index contributed by atoms with van der Waals surface area (Å²) in [5.74, 6) is 0.233. The minimum atomic E-state index is -0.333. The van der Waals surface area contributed by atoms with E-state index >= 15 is 0 Å². The molecule has 1 N–H and O–H groups in total. The minimum Gasteiger partial charge on any atom is -0.494 e. The van der Waals surface area contributed by atoms with Crippen LogP contribution in [-0.4, -0.2) is 38.6 Å². The number of hydrogen-bond donors (Lipinski definition) is 1. The molecule has 18 heavy (non-hydrogen) atoms. The lowest BCUT2D eigenvalue weighted by Gasteiger charge is -2.12. The Bertz CT molecular complexity index is 408. The van der Waals surface area contributed by atoms with E-state index in [1.807, 2.05) is 0 Å². The van der Waals surface area contributed by atoms with Gasteiger partial charge in [-0.25, -0.2) is 4.39 Å². The Morgan fingerprint density at radius 2 is 2.17 bits per heavy atom. The monoisotopic (exact) mass is 254 g/mol. The summed E-state index contributed by atoms with van der Waals surface area (Å²) in [6.45, 7) is 0.640. The summed E-state index contributed by atoms with van der Waals surface area (Å²) in [4.78, 5) is 12.9. The molecule has 0 saturated heterocycles. The molecule has 0 bridgehead atoms. The van der Waals surface area contributed by atoms with Gasteiger partial charge in [0, 0.05) is 33.1 Å². The van der Waals surface area contributed by atoms with Crippen LogP contribution in [0.25, 0.3) is 0 Å². The van der Waals surface area contributed by atoms with E-state index in [0.29, 0.717) is 18.7 Å². The SMILES string of the molecule is COc1cc(F)ccc1NCCCC(=O)N(C)C. The molecule has 0 atom stereocenters. The highest BCUT2D eigenvalue weighted by molar-refractivity contribution is 5.75. The van der Waals surface area contributed by atoms with Crippen LogP contribution in [0.5, 0.6) is 5.75 Å². The number of carbonyl (C=O) groups excluding carboxylic acids is 1. The fourth-order valence-corrected chi connectivity index (χ4v) is 1.50. The van der Waals surface area contributed by atoms with Crippen molar-refractivity contribution < 1.29 is 13.9 Å². The van der Waals surface area contributed by atoms with Crippen LogP contribution in [0.1, 0.15) is 12.8 Å². The molecule has 0 spiro atoms. The molecule has 0 unspecified atom stereocenters. The largest absolute Gasteiger partial charge is 0.494 e. The Balaban J connectivity index is 2.42. The van der Waals surface area contributed by atoms with Gasteiger partial charge in [-0.3, -0.25) is 4.79 Å². The van der Waals surface area contributed by atoms with Gasteiger partial charge in [0.1, 0.15) is 11.6 Å². The number of benzene rings is 1. The predicted octanol–water partition coefficient (Wildman–Crippen LogP) is 2.11. The number of hydrogen-bond acceptors (Lipinski definition) is 3. The molecule has 5 heteroatoms. The van der Waals surface area contributed by atoms with Crippen LogP contribution >= 0.6 is 0 Å². The van der Waals surface area contributed by atoms with E-state index in [0.717, 1.165) is 12.1 Å². The number of rotatable bonds is 6. The first-order valence-electron chi connectivity index (χ1n) is 5.82. The van der Waals surface area contributed by atoms with E-state index in [-0.39, 0.29) is 11.7 Å². The number of methoxy groups -OCH3 is 1. The van der Waals surface area contributed by atoms with E-state index in [1.54, 1.807) is 25.1 Å². The lowest BCUT2D eigenvalue weighted by atomic mass is 10.2. The third kappa shape index (κ3) is 4.24. The van der Waals surface area contributed by atoms with E-state index in [1.165, 1.54) is 19.2 Å². The van der Waals surface area contributed by atoms with Crippen molar-refractivity contribution in [2.75, 3.05) is 33.1 Å². The zero-order chi connectivity index (χ0) is 13.5. The normalized spacial score (nSPS) is 10.0. The van der Waals surface area contributed by atoms with E-state index in [2.05, 4.69) is 5.32 Å². The fraction of sp³-hybridized carbons (Fsp3) is 0.462.